The summed E-state index contributed by atoms with van der Waals surface area (Å²) >= 11 is 0. The minimum Gasteiger partial charge on any atom is -0.497 e. The summed E-state index contributed by atoms with van der Waals surface area (Å²) in [6, 6.07) is 16.0. The number of hydrogen-bond donors (Lipinski definition) is 2. The number of amides is 1. The number of aliphatic hydroxyl groups excluding tert-OH is 1. The van der Waals surface area contributed by atoms with Crippen LogP contribution in [0, 0.1) is 12.3 Å². The van der Waals surface area contributed by atoms with Crippen LogP contribution in [0.25, 0.3) is 0 Å². The molecule has 2 aromatic carbocycles. The van der Waals surface area contributed by atoms with E-state index in [4.69, 9.17) is 11.2 Å². The van der Waals surface area contributed by atoms with Crippen LogP contribution in [-0.2, 0) is 6.42 Å². The molecular weight excluding hydrogens is 302 g/mol. The maximum absolute atomic E-state index is 12.4. The molecule has 0 fully saturated rings. The van der Waals surface area contributed by atoms with E-state index in [1.165, 1.54) is 0 Å². The molecule has 0 unspecified atom stereocenters. The van der Waals surface area contributed by atoms with Gasteiger partial charge in [-0.05, 0) is 36.2 Å². The number of carbonyl (C=O) groups excluding carboxylic acids is 1. The van der Waals surface area contributed by atoms with Crippen molar-refractivity contribution in [1.29, 1.82) is 0 Å². The topological polar surface area (TPSA) is 58.6 Å². The van der Waals surface area contributed by atoms with Gasteiger partial charge in [-0.2, -0.15) is 0 Å². The van der Waals surface area contributed by atoms with E-state index in [9.17, 15) is 9.90 Å². The Labute approximate surface area is 142 Å². The summed E-state index contributed by atoms with van der Waals surface area (Å²) in [4.78, 5) is 12.4. The second kappa shape index (κ2) is 8.76. The molecule has 4 nitrogen and oxygen atoms in total. The summed E-state index contributed by atoms with van der Waals surface area (Å²) in [5.74, 6) is 2.87. The Hall–Kier alpha value is -2.77. The molecule has 0 aliphatic carbocycles. The largest absolute Gasteiger partial charge is 0.497 e. The van der Waals surface area contributed by atoms with Gasteiger partial charge < -0.3 is 15.2 Å². The van der Waals surface area contributed by atoms with E-state index >= 15 is 0 Å². The number of benzene rings is 2. The maximum Gasteiger partial charge on any atom is 0.251 e. The first-order valence-electron chi connectivity index (χ1n) is 7.74. The van der Waals surface area contributed by atoms with E-state index in [0.29, 0.717) is 17.7 Å². The van der Waals surface area contributed by atoms with Gasteiger partial charge in [0, 0.05) is 12.0 Å². The molecule has 1 amide bonds. The van der Waals surface area contributed by atoms with Crippen LogP contribution in [-0.4, -0.2) is 30.3 Å². The second-order valence-electron chi connectivity index (χ2n) is 5.47. The fourth-order valence-electron chi connectivity index (χ4n) is 2.41. The van der Waals surface area contributed by atoms with Crippen molar-refractivity contribution in [2.75, 3.05) is 7.11 Å². The van der Waals surface area contributed by atoms with Gasteiger partial charge in [-0.25, -0.2) is 0 Å². The van der Waals surface area contributed by atoms with Crippen molar-refractivity contribution in [3.05, 3.63) is 65.7 Å². The first-order valence-corrected chi connectivity index (χ1v) is 7.74. The van der Waals surface area contributed by atoms with Gasteiger partial charge >= 0.3 is 0 Å². The van der Waals surface area contributed by atoms with E-state index in [-0.39, 0.29) is 12.3 Å². The highest BCUT2D eigenvalue weighted by molar-refractivity contribution is 5.94. The van der Waals surface area contributed by atoms with Crippen LogP contribution in [0.2, 0.25) is 0 Å². The van der Waals surface area contributed by atoms with Crippen molar-refractivity contribution in [3.8, 4) is 18.1 Å². The molecular formula is C20H21NO3. The van der Waals surface area contributed by atoms with Crippen LogP contribution in [0.1, 0.15) is 22.3 Å². The van der Waals surface area contributed by atoms with Crippen molar-refractivity contribution >= 4 is 5.91 Å². The van der Waals surface area contributed by atoms with Gasteiger partial charge in [0.2, 0.25) is 0 Å². The van der Waals surface area contributed by atoms with Gasteiger partial charge in [0.25, 0.3) is 5.91 Å². The third kappa shape index (κ3) is 4.87. The minimum absolute atomic E-state index is 0.181. The number of hydrogen-bond acceptors (Lipinski definition) is 3. The number of nitrogens with one attached hydrogen (secondary N) is 1. The average Bonchev–Trinajstić information content (AvgIpc) is 2.62. The Morgan fingerprint density at radius 3 is 2.46 bits per heavy atom. The van der Waals surface area contributed by atoms with Crippen LogP contribution in [0.4, 0.5) is 0 Å². The van der Waals surface area contributed by atoms with Crippen LogP contribution in [0.5, 0.6) is 5.75 Å². The highest BCUT2D eigenvalue weighted by Gasteiger charge is 2.21. The SMILES string of the molecule is C#CC[C@H](O)[C@H](Cc1ccccc1)NC(=O)c1ccc(OC)cc1. The molecule has 2 aromatic rings. The van der Waals surface area contributed by atoms with E-state index in [2.05, 4.69) is 11.2 Å². The fourth-order valence-corrected chi connectivity index (χ4v) is 2.41. The highest BCUT2D eigenvalue weighted by atomic mass is 16.5. The smallest absolute Gasteiger partial charge is 0.251 e. The standard InChI is InChI=1S/C20H21NO3/c1-3-7-19(22)18(14-15-8-5-4-6-9-15)21-20(23)16-10-12-17(24-2)13-11-16/h1,4-6,8-13,18-19,22H,7,14H2,2H3,(H,21,23)/t18-,19-/m0/s1. The van der Waals surface area contributed by atoms with Gasteiger partial charge in [-0.1, -0.05) is 30.3 Å². The summed E-state index contributed by atoms with van der Waals surface area (Å²) in [6.07, 6.45) is 5.18. The van der Waals surface area contributed by atoms with Crippen LogP contribution in [0.15, 0.2) is 54.6 Å². The molecule has 2 N–H and O–H groups in total. The molecule has 0 aliphatic heterocycles. The minimum atomic E-state index is -0.808. The zero-order valence-electron chi connectivity index (χ0n) is 13.6. The summed E-state index contributed by atoms with van der Waals surface area (Å²) in [5, 5.41) is 13.1. The van der Waals surface area contributed by atoms with Crippen molar-refractivity contribution in [2.24, 2.45) is 0 Å². The lowest BCUT2D eigenvalue weighted by Crippen LogP contribution is -2.44. The van der Waals surface area contributed by atoms with Crippen molar-refractivity contribution in [2.45, 2.75) is 25.0 Å². The quantitative estimate of drug-likeness (QED) is 0.769. The van der Waals surface area contributed by atoms with E-state index in [1.54, 1.807) is 31.4 Å². The lowest BCUT2D eigenvalue weighted by molar-refractivity contribution is 0.0840. The second-order valence-corrected chi connectivity index (χ2v) is 5.47. The first-order chi connectivity index (χ1) is 11.6. The monoisotopic (exact) mass is 323 g/mol. The number of rotatable bonds is 7. The predicted molar refractivity (Wildman–Crippen MR) is 93.9 cm³/mol. The lowest BCUT2D eigenvalue weighted by atomic mass is 9.99. The summed E-state index contributed by atoms with van der Waals surface area (Å²) < 4.78 is 5.09. The summed E-state index contributed by atoms with van der Waals surface area (Å²) in [7, 11) is 1.57. The van der Waals surface area contributed by atoms with Gasteiger partial charge in [-0.15, -0.1) is 12.3 Å². The molecule has 4 heteroatoms. The van der Waals surface area contributed by atoms with E-state index in [0.717, 1.165) is 5.56 Å². The number of methoxy groups -OCH3 is 1. The van der Waals surface area contributed by atoms with Gasteiger partial charge in [-0.3, -0.25) is 4.79 Å². The fraction of sp³-hybridized carbons (Fsp3) is 0.250. The number of carbonyl (C=O) groups is 1. The molecule has 24 heavy (non-hydrogen) atoms. The molecule has 0 heterocycles. The number of ether oxygens (including phenoxy) is 1. The molecule has 124 valence electrons. The Kier molecular flexibility index (Phi) is 6.41. The Balaban J connectivity index is 2.11. The van der Waals surface area contributed by atoms with Crippen LogP contribution >= 0.6 is 0 Å². The molecule has 0 bridgehead atoms. The van der Waals surface area contributed by atoms with Crippen molar-refractivity contribution in [1.82, 2.24) is 5.32 Å². The number of terminal acetylenes is 1. The third-order valence-corrected chi connectivity index (χ3v) is 3.76. The zero-order chi connectivity index (χ0) is 17.4. The van der Waals surface area contributed by atoms with Crippen molar-refractivity contribution < 1.29 is 14.6 Å². The van der Waals surface area contributed by atoms with Gasteiger partial charge in [0.15, 0.2) is 0 Å². The first kappa shape index (κ1) is 17.6. The average molecular weight is 323 g/mol. The van der Waals surface area contributed by atoms with Gasteiger partial charge in [0.05, 0.1) is 19.3 Å². The van der Waals surface area contributed by atoms with Crippen LogP contribution in [0.3, 0.4) is 0 Å². The Morgan fingerprint density at radius 1 is 1.21 bits per heavy atom. The van der Waals surface area contributed by atoms with E-state index < -0.39 is 12.1 Å². The third-order valence-electron chi connectivity index (χ3n) is 3.76. The van der Waals surface area contributed by atoms with E-state index in [1.807, 2.05) is 30.3 Å². The predicted octanol–water partition coefficient (Wildman–Crippen LogP) is 2.42. The summed E-state index contributed by atoms with van der Waals surface area (Å²) in [5.41, 5.74) is 1.52. The molecule has 0 saturated heterocycles. The Bertz CT molecular complexity index is 689. The zero-order valence-corrected chi connectivity index (χ0v) is 13.6. The van der Waals surface area contributed by atoms with Crippen molar-refractivity contribution in [3.63, 3.8) is 0 Å². The Morgan fingerprint density at radius 2 is 1.88 bits per heavy atom. The molecule has 0 radical (unpaired) electrons. The molecule has 0 aliphatic rings. The summed E-state index contributed by atoms with van der Waals surface area (Å²) in [6.45, 7) is 0. The normalized spacial score (nSPS) is 12.7. The lowest BCUT2D eigenvalue weighted by Gasteiger charge is -2.23. The number of aliphatic hydroxyl groups is 1. The van der Waals surface area contributed by atoms with Gasteiger partial charge in [0.1, 0.15) is 5.75 Å². The molecule has 0 saturated carbocycles. The molecule has 0 spiro atoms. The highest BCUT2D eigenvalue weighted by Crippen LogP contribution is 2.13. The molecule has 2 rings (SSSR count). The molecule has 0 aromatic heterocycles. The maximum atomic E-state index is 12.4. The van der Waals surface area contributed by atoms with Crippen LogP contribution < -0.4 is 10.1 Å². The molecule has 2 atom stereocenters.